The van der Waals surface area contributed by atoms with Crippen molar-refractivity contribution in [2.24, 2.45) is 0 Å². The molecule has 1 fully saturated rings. The Kier molecular flexibility index (Phi) is 2.53. The molecule has 0 amide bonds. The molecule has 1 aromatic heterocycles. The molecular weight excluding hydrogens is 220 g/mol. The van der Waals surface area contributed by atoms with E-state index in [1.54, 1.807) is 11.5 Å². The maximum absolute atomic E-state index is 5.92. The lowest BCUT2D eigenvalue weighted by Gasteiger charge is -2.12. The molecule has 1 N–H and O–H groups in total. The van der Waals surface area contributed by atoms with Gasteiger partial charge in [0, 0.05) is 11.9 Å². The molecule has 84 valence electrons. The molecule has 1 aliphatic rings. The first-order valence-corrected chi connectivity index (χ1v) is 6.34. The van der Waals surface area contributed by atoms with Gasteiger partial charge >= 0.3 is 0 Å². The molecular formula is C12H14N2OS. The molecule has 0 bridgehead atoms. The van der Waals surface area contributed by atoms with Crippen LogP contribution in [0.4, 0.5) is 0 Å². The van der Waals surface area contributed by atoms with Gasteiger partial charge in [-0.3, -0.25) is 0 Å². The number of aromatic nitrogens is 1. The summed E-state index contributed by atoms with van der Waals surface area (Å²) in [6.07, 6.45) is 1.42. The molecule has 16 heavy (non-hydrogen) atoms. The molecule has 1 atom stereocenters. The summed E-state index contributed by atoms with van der Waals surface area (Å²) in [5.74, 6) is 0.963. The van der Waals surface area contributed by atoms with Crippen LogP contribution < -0.4 is 10.1 Å². The fourth-order valence-electron chi connectivity index (χ4n) is 2.03. The van der Waals surface area contributed by atoms with Crippen LogP contribution in [0.3, 0.4) is 0 Å². The number of hydrogen-bond donors (Lipinski definition) is 1. The largest absolute Gasteiger partial charge is 0.489 e. The monoisotopic (exact) mass is 234 g/mol. The molecule has 1 aliphatic heterocycles. The first-order valence-electron chi connectivity index (χ1n) is 5.56. The van der Waals surface area contributed by atoms with Crippen molar-refractivity contribution in [1.29, 1.82) is 0 Å². The van der Waals surface area contributed by atoms with Crippen molar-refractivity contribution in [2.45, 2.75) is 19.4 Å². The summed E-state index contributed by atoms with van der Waals surface area (Å²) in [5, 5.41) is 4.52. The Balaban J connectivity index is 1.88. The summed E-state index contributed by atoms with van der Waals surface area (Å²) in [6.45, 7) is 4.06. The van der Waals surface area contributed by atoms with Crippen molar-refractivity contribution < 1.29 is 4.74 Å². The van der Waals surface area contributed by atoms with Gasteiger partial charge in [0.1, 0.15) is 11.9 Å². The minimum absolute atomic E-state index is 0.323. The van der Waals surface area contributed by atoms with Crippen molar-refractivity contribution in [3.63, 3.8) is 0 Å². The van der Waals surface area contributed by atoms with Crippen LogP contribution >= 0.6 is 11.5 Å². The molecule has 3 nitrogen and oxygen atoms in total. The molecule has 0 radical (unpaired) electrons. The quantitative estimate of drug-likeness (QED) is 0.866. The molecule has 0 aliphatic carbocycles. The van der Waals surface area contributed by atoms with Gasteiger partial charge < -0.3 is 10.1 Å². The molecule has 1 saturated heterocycles. The van der Waals surface area contributed by atoms with Crippen LogP contribution in [0.5, 0.6) is 5.75 Å². The highest BCUT2D eigenvalue weighted by Crippen LogP contribution is 2.27. The highest BCUT2D eigenvalue weighted by atomic mass is 32.1. The fraction of sp³-hybridized carbons (Fsp3) is 0.417. The third-order valence-electron chi connectivity index (χ3n) is 2.94. The van der Waals surface area contributed by atoms with Crippen LogP contribution in [0.25, 0.3) is 10.1 Å². The smallest absolute Gasteiger partial charge is 0.120 e. The van der Waals surface area contributed by atoms with Gasteiger partial charge in [0.25, 0.3) is 0 Å². The van der Waals surface area contributed by atoms with Crippen LogP contribution in [0, 0.1) is 6.92 Å². The van der Waals surface area contributed by atoms with Gasteiger partial charge in [0.15, 0.2) is 0 Å². The molecule has 2 heterocycles. The van der Waals surface area contributed by atoms with Gasteiger partial charge in [0.2, 0.25) is 0 Å². The summed E-state index contributed by atoms with van der Waals surface area (Å²) >= 11 is 1.55. The van der Waals surface area contributed by atoms with E-state index in [1.165, 1.54) is 10.1 Å². The van der Waals surface area contributed by atoms with Gasteiger partial charge in [-0.2, -0.15) is 4.37 Å². The highest BCUT2D eigenvalue weighted by molar-refractivity contribution is 7.13. The predicted octanol–water partition coefficient (Wildman–Crippen LogP) is 2.35. The summed E-state index contributed by atoms with van der Waals surface area (Å²) in [7, 11) is 0. The van der Waals surface area contributed by atoms with Crippen molar-refractivity contribution in [2.75, 3.05) is 13.1 Å². The number of benzene rings is 1. The van der Waals surface area contributed by atoms with Crippen molar-refractivity contribution in [3.8, 4) is 5.75 Å². The van der Waals surface area contributed by atoms with Gasteiger partial charge in [0.05, 0.1) is 10.4 Å². The van der Waals surface area contributed by atoms with E-state index in [2.05, 4.69) is 21.8 Å². The van der Waals surface area contributed by atoms with E-state index in [1.807, 2.05) is 13.0 Å². The summed E-state index contributed by atoms with van der Waals surface area (Å²) in [5.41, 5.74) is 1.09. The zero-order valence-corrected chi connectivity index (χ0v) is 10.0. The number of rotatable bonds is 2. The lowest BCUT2D eigenvalue weighted by molar-refractivity contribution is 0.223. The van der Waals surface area contributed by atoms with E-state index in [0.29, 0.717) is 6.10 Å². The van der Waals surface area contributed by atoms with Crippen LogP contribution in [-0.2, 0) is 0 Å². The number of hydrogen-bond acceptors (Lipinski definition) is 4. The number of fused-ring (bicyclic) bond motifs is 1. The minimum atomic E-state index is 0.323. The maximum atomic E-state index is 5.92. The lowest BCUT2D eigenvalue weighted by Crippen LogP contribution is -2.19. The molecule has 0 saturated carbocycles. The molecule has 4 heteroatoms. The van der Waals surface area contributed by atoms with E-state index < -0.39 is 0 Å². The second kappa shape index (κ2) is 4.03. The van der Waals surface area contributed by atoms with Crippen molar-refractivity contribution in [1.82, 2.24) is 9.69 Å². The molecule has 0 spiro atoms. The third kappa shape index (κ3) is 1.79. The van der Waals surface area contributed by atoms with E-state index in [9.17, 15) is 0 Å². The lowest BCUT2D eigenvalue weighted by atomic mass is 10.2. The van der Waals surface area contributed by atoms with Crippen LogP contribution in [0.15, 0.2) is 18.2 Å². The fourth-order valence-corrected chi connectivity index (χ4v) is 2.80. The zero-order chi connectivity index (χ0) is 11.0. The molecule has 1 unspecified atom stereocenters. The Hall–Kier alpha value is -1.13. The molecule has 3 rings (SSSR count). The Bertz CT molecular complexity index is 503. The first kappa shape index (κ1) is 10.1. The predicted molar refractivity (Wildman–Crippen MR) is 66.3 cm³/mol. The van der Waals surface area contributed by atoms with Crippen LogP contribution in [0.1, 0.15) is 12.1 Å². The summed E-state index contributed by atoms with van der Waals surface area (Å²) < 4.78 is 11.5. The second-order valence-corrected chi connectivity index (χ2v) is 4.96. The van der Waals surface area contributed by atoms with E-state index in [-0.39, 0.29) is 0 Å². The average Bonchev–Trinajstić information content (AvgIpc) is 2.90. The van der Waals surface area contributed by atoms with Gasteiger partial charge in [-0.25, -0.2) is 0 Å². The molecule has 2 aromatic rings. The van der Waals surface area contributed by atoms with Crippen LogP contribution in [-0.4, -0.2) is 23.6 Å². The topological polar surface area (TPSA) is 34.1 Å². The van der Waals surface area contributed by atoms with E-state index in [4.69, 9.17) is 4.74 Å². The maximum Gasteiger partial charge on any atom is 0.120 e. The SMILES string of the molecule is Cc1nsc2ccc(OC3CCNC3)cc12. The molecule has 1 aromatic carbocycles. The summed E-state index contributed by atoms with van der Waals surface area (Å²) in [4.78, 5) is 0. The number of aryl methyl sites for hydroxylation is 1. The Morgan fingerprint density at radius 2 is 2.44 bits per heavy atom. The van der Waals surface area contributed by atoms with Crippen molar-refractivity contribution >= 4 is 21.6 Å². The number of nitrogens with one attached hydrogen (secondary N) is 1. The average molecular weight is 234 g/mol. The zero-order valence-electron chi connectivity index (χ0n) is 9.19. The van der Waals surface area contributed by atoms with E-state index >= 15 is 0 Å². The summed E-state index contributed by atoms with van der Waals surface area (Å²) in [6, 6.07) is 6.24. The van der Waals surface area contributed by atoms with Gasteiger partial charge in [-0.15, -0.1) is 0 Å². The number of nitrogens with zero attached hydrogens (tertiary/aromatic N) is 1. The Morgan fingerprint density at radius 1 is 1.50 bits per heavy atom. The van der Waals surface area contributed by atoms with Gasteiger partial charge in [-0.05, 0) is 49.6 Å². The number of ether oxygens (including phenoxy) is 1. The third-order valence-corrected chi connectivity index (χ3v) is 3.86. The second-order valence-electron chi connectivity index (χ2n) is 4.16. The normalized spacial score (nSPS) is 20.4. The standard InChI is InChI=1S/C12H14N2OS/c1-8-11-6-9(2-3-12(11)16-14-8)15-10-4-5-13-7-10/h2-3,6,10,13H,4-5,7H2,1H3. The minimum Gasteiger partial charge on any atom is -0.489 e. The van der Waals surface area contributed by atoms with Crippen molar-refractivity contribution in [3.05, 3.63) is 23.9 Å². The first-order chi connectivity index (χ1) is 7.83. The van der Waals surface area contributed by atoms with Gasteiger partial charge in [-0.1, -0.05) is 0 Å². The highest BCUT2D eigenvalue weighted by Gasteiger charge is 2.16. The van der Waals surface area contributed by atoms with E-state index in [0.717, 1.165) is 31.0 Å². The van der Waals surface area contributed by atoms with Crippen LogP contribution in [0.2, 0.25) is 0 Å². The Labute approximate surface area is 98.6 Å². The Morgan fingerprint density at radius 3 is 3.25 bits per heavy atom.